The normalized spacial score (nSPS) is 14.5. The molecule has 0 unspecified atom stereocenters. The lowest BCUT2D eigenvalue weighted by Gasteiger charge is -2.26. The molecular weight excluding hydrogens is 531 g/mol. The molecule has 0 atom stereocenters. The van der Waals surface area contributed by atoms with Gasteiger partial charge in [-0.3, -0.25) is 9.52 Å². The van der Waals surface area contributed by atoms with Crippen molar-refractivity contribution in [3.8, 4) is 11.5 Å². The van der Waals surface area contributed by atoms with E-state index in [9.17, 15) is 26.4 Å². The van der Waals surface area contributed by atoms with Gasteiger partial charge >= 0.3 is 6.18 Å². The molecule has 0 saturated carbocycles. The summed E-state index contributed by atoms with van der Waals surface area (Å²) < 4.78 is 72.6. The van der Waals surface area contributed by atoms with Crippen LogP contribution in [0.15, 0.2) is 77.7 Å². The van der Waals surface area contributed by atoms with Crippen molar-refractivity contribution in [1.29, 1.82) is 0 Å². The van der Waals surface area contributed by atoms with Crippen molar-refractivity contribution in [1.82, 2.24) is 10.2 Å². The van der Waals surface area contributed by atoms with Crippen molar-refractivity contribution in [2.24, 2.45) is 0 Å². The number of carbonyl (C=O) groups excluding carboxylic acids is 1. The molecule has 39 heavy (non-hydrogen) atoms. The van der Waals surface area contributed by atoms with Crippen LogP contribution in [0.1, 0.15) is 41.6 Å². The maximum absolute atomic E-state index is 13.0. The number of halogens is 3. The monoisotopic (exact) mass is 561 g/mol. The van der Waals surface area contributed by atoms with E-state index in [2.05, 4.69) is 14.9 Å². The molecule has 0 radical (unpaired) electrons. The zero-order valence-corrected chi connectivity index (χ0v) is 22.0. The SMILES string of the molecule is O=C(NCCCN1CCCCC1)c1ccc(S(=O)(=O)Nc2ccccc2Oc2ccc(C(F)(F)F)cc2)cc1. The van der Waals surface area contributed by atoms with Crippen molar-refractivity contribution in [2.75, 3.05) is 30.9 Å². The van der Waals surface area contributed by atoms with Crippen LogP contribution in [0.4, 0.5) is 18.9 Å². The number of amides is 1. The summed E-state index contributed by atoms with van der Waals surface area (Å²) in [4.78, 5) is 14.8. The molecule has 0 bridgehead atoms. The lowest BCUT2D eigenvalue weighted by Crippen LogP contribution is -2.33. The number of ether oxygens (including phenoxy) is 1. The summed E-state index contributed by atoms with van der Waals surface area (Å²) in [6.07, 6.45) is 0.0746. The first-order valence-corrected chi connectivity index (χ1v) is 14.2. The molecular formula is C28H30F3N3O4S. The van der Waals surface area contributed by atoms with Crippen LogP contribution in [-0.4, -0.2) is 45.4 Å². The second-order valence-electron chi connectivity index (χ2n) is 9.26. The number of sulfonamides is 1. The largest absolute Gasteiger partial charge is 0.455 e. The Hall–Kier alpha value is -3.57. The van der Waals surface area contributed by atoms with E-state index in [1.54, 1.807) is 12.1 Å². The predicted octanol–water partition coefficient (Wildman–Crippen LogP) is 5.90. The summed E-state index contributed by atoms with van der Waals surface area (Å²) in [5.41, 5.74) is -0.371. The molecule has 3 aromatic rings. The molecule has 1 saturated heterocycles. The number of likely N-dealkylation sites (tertiary alicyclic amines) is 1. The first-order valence-electron chi connectivity index (χ1n) is 12.7. The van der Waals surface area contributed by atoms with Gasteiger partial charge in [-0.1, -0.05) is 18.6 Å². The van der Waals surface area contributed by atoms with Crippen LogP contribution in [0.3, 0.4) is 0 Å². The highest BCUT2D eigenvalue weighted by molar-refractivity contribution is 7.92. The van der Waals surface area contributed by atoms with Gasteiger partial charge in [-0.25, -0.2) is 8.42 Å². The average Bonchev–Trinajstić information content (AvgIpc) is 2.92. The number of benzene rings is 3. The predicted molar refractivity (Wildman–Crippen MR) is 142 cm³/mol. The van der Waals surface area contributed by atoms with Gasteiger partial charge in [-0.15, -0.1) is 0 Å². The second-order valence-corrected chi connectivity index (χ2v) is 10.9. The van der Waals surface area contributed by atoms with Crippen LogP contribution in [0.25, 0.3) is 0 Å². The molecule has 7 nitrogen and oxygen atoms in total. The maximum Gasteiger partial charge on any atom is 0.416 e. The molecule has 1 aliphatic rings. The third kappa shape index (κ3) is 7.96. The Labute approximate surface area is 226 Å². The van der Waals surface area contributed by atoms with Crippen molar-refractivity contribution in [3.63, 3.8) is 0 Å². The fraction of sp³-hybridized carbons (Fsp3) is 0.321. The lowest BCUT2D eigenvalue weighted by molar-refractivity contribution is -0.137. The number of piperidine rings is 1. The Morgan fingerprint density at radius 3 is 2.23 bits per heavy atom. The molecule has 3 aromatic carbocycles. The van der Waals surface area contributed by atoms with Crippen LogP contribution < -0.4 is 14.8 Å². The number of anilines is 1. The molecule has 1 amide bonds. The molecule has 1 fully saturated rings. The average molecular weight is 562 g/mol. The van der Waals surface area contributed by atoms with E-state index in [4.69, 9.17) is 4.74 Å². The van der Waals surface area contributed by atoms with E-state index in [1.807, 2.05) is 0 Å². The Kier molecular flexibility index (Phi) is 9.13. The van der Waals surface area contributed by atoms with Crippen LogP contribution in [0.5, 0.6) is 11.5 Å². The van der Waals surface area contributed by atoms with Crippen molar-refractivity contribution < 1.29 is 31.1 Å². The first-order chi connectivity index (χ1) is 18.6. The quantitative estimate of drug-likeness (QED) is 0.301. The van der Waals surface area contributed by atoms with Crippen molar-refractivity contribution in [3.05, 3.63) is 83.9 Å². The van der Waals surface area contributed by atoms with E-state index in [1.165, 1.54) is 55.7 Å². The minimum Gasteiger partial charge on any atom is -0.455 e. The second kappa shape index (κ2) is 12.5. The highest BCUT2D eigenvalue weighted by Gasteiger charge is 2.30. The van der Waals surface area contributed by atoms with Gasteiger partial charge < -0.3 is 15.0 Å². The van der Waals surface area contributed by atoms with E-state index in [0.717, 1.165) is 50.3 Å². The number of hydrogen-bond acceptors (Lipinski definition) is 5. The van der Waals surface area contributed by atoms with Gasteiger partial charge in [0.25, 0.3) is 15.9 Å². The van der Waals surface area contributed by atoms with Crippen LogP contribution >= 0.6 is 0 Å². The zero-order valence-electron chi connectivity index (χ0n) is 21.2. The topological polar surface area (TPSA) is 87.7 Å². The van der Waals surface area contributed by atoms with Crippen LogP contribution in [0, 0.1) is 0 Å². The van der Waals surface area contributed by atoms with Gasteiger partial charge in [-0.05, 0) is 99.6 Å². The van der Waals surface area contributed by atoms with Gasteiger partial charge in [-0.2, -0.15) is 13.2 Å². The molecule has 0 spiro atoms. The number of carbonyl (C=O) groups is 1. The van der Waals surface area contributed by atoms with Gasteiger partial charge in [0, 0.05) is 12.1 Å². The standard InChI is InChI=1S/C28H30F3N3O4S/c29-28(30,31)22-11-13-23(14-12-22)38-26-8-3-2-7-25(26)33-39(36,37)24-15-9-21(10-16-24)27(35)32-17-6-20-34-18-4-1-5-19-34/h2-3,7-16,33H,1,4-6,17-20H2,(H,32,35). The summed E-state index contributed by atoms with van der Waals surface area (Å²) in [5, 5.41) is 2.87. The molecule has 0 aliphatic carbocycles. The Morgan fingerprint density at radius 2 is 1.56 bits per heavy atom. The first kappa shape index (κ1) is 28.4. The zero-order chi connectivity index (χ0) is 27.9. The Balaban J connectivity index is 1.35. The van der Waals surface area contributed by atoms with Crippen LogP contribution in [0.2, 0.25) is 0 Å². The van der Waals surface area contributed by atoms with E-state index >= 15 is 0 Å². The molecule has 1 aliphatic heterocycles. The van der Waals surface area contributed by atoms with Gasteiger partial charge in [0.2, 0.25) is 0 Å². The molecule has 11 heteroatoms. The smallest absolute Gasteiger partial charge is 0.416 e. The van der Waals surface area contributed by atoms with E-state index in [-0.39, 0.29) is 28.0 Å². The number of nitrogens with one attached hydrogen (secondary N) is 2. The Morgan fingerprint density at radius 1 is 0.897 bits per heavy atom. The van der Waals surface area contributed by atoms with Crippen molar-refractivity contribution in [2.45, 2.75) is 36.8 Å². The highest BCUT2D eigenvalue weighted by atomic mass is 32.2. The van der Waals surface area contributed by atoms with E-state index in [0.29, 0.717) is 12.1 Å². The summed E-state index contributed by atoms with van der Waals surface area (Å²) >= 11 is 0. The van der Waals surface area contributed by atoms with Gasteiger partial charge in [0.05, 0.1) is 16.1 Å². The lowest BCUT2D eigenvalue weighted by atomic mass is 10.1. The third-order valence-electron chi connectivity index (χ3n) is 6.35. The summed E-state index contributed by atoms with van der Waals surface area (Å²) in [6.45, 7) is 3.67. The number of alkyl halides is 3. The summed E-state index contributed by atoms with van der Waals surface area (Å²) in [6, 6.07) is 15.8. The third-order valence-corrected chi connectivity index (χ3v) is 7.73. The summed E-state index contributed by atoms with van der Waals surface area (Å²) in [7, 11) is -4.05. The van der Waals surface area contributed by atoms with Crippen LogP contribution in [-0.2, 0) is 16.2 Å². The molecule has 208 valence electrons. The minimum atomic E-state index is -4.48. The molecule has 1 heterocycles. The highest BCUT2D eigenvalue weighted by Crippen LogP contribution is 2.34. The van der Waals surface area contributed by atoms with Gasteiger partial charge in [0.1, 0.15) is 5.75 Å². The van der Waals surface area contributed by atoms with E-state index < -0.39 is 21.8 Å². The van der Waals surface area contributed by atoms with Crippen molar-refractivity contribution >= 4 is 21.6 Å². The maximum atomic E-state index is 13.0. The number of rotatable bonds is 10. The number of nitrogens with zero attached hydrogens (tertiary/aromatic N) is 1. The molecule has 4 rings (SSSR count). The fourth-order valence-corrected chi connectivity index (χ4v) is 5.33. The Bertz CT molecular complexity index is 1360. The number of para-hydroxylation sites is 2. The molecule has 2 N–H and O–H groups in total. The number of hydrogen-bond donors (Lipinski definition) is 2. The minimum absolute atomic E-state index is 0.0616. The molecule has 0 aromatic heterocycles. The summed E-state index contributed by atoms with van der Waals surface area (Å²) in [5.74, 6) is -0.0526. The van der Waals surface area contributed by atoms with Gasteiger partial charge in [0.15, 0.2) is 5.75 Å². The fourth-order valence-electron chi connectivity index (χ4n) is 4.26.